The van der Waals surface area contributed by atoms with Crippen LogP contribution < -0.4 is 5.32 Å². The summed E-state index contributed by atoms with van der Waals surface area (Å²) in [5.41, 5.74) is 0. The van der Waals surface area contributed by atoms with Crippen LogP contribution in [0, 0.1) is 24.7 Å². The first-order valence-corrected chi connectivity index (χ1v) is 6.41. The Morgan fingerprint density at radius 2 is 2.28 bits per heavy atom. The lowest BCUT2D eigenvalue weighted by molar-refractivity contribution is 0.0848. The zero-order valence-electron chi connectivity index (χ0n) is 10.3. The molecule has 1 amide bonds. The van der Waals surface area contributed by atoms with Crippen molar-refractivity contribution in [1.29, 1.82) is 0 Å². The first kappa shape index (κ1) is 11.6. The number of hydrogen-bond donors (Lipinski definition) is 2. The molecule has 0 spiro atoms. The van der Waals surface area contributed by atoms with Gasteiger partial charge < -0.3 is 14.9 Å². The molecule has 1 heterocycles. The minimum absolute atomic E-state index is 0.0556. The number of aliphatic hydroxyl groups excluding tert-OH is 1. The van der Waals surface area contributed by atoms with E-state index in [9.17, 15) is 9.90 Å². The molecule has 0 aromatic carbocycles. The zero-order chi connectivity index (χ0) is 12.7. The van der Waals surface area contributed by atoms with Gasteiger partial charge in [-0.2, -0.15) is 4.98 Å². The van der Waals surface area contributed by atoms with Crippen molar-refractivity contribution in [3.05, 3.63) is 11.7 Å². The fourth-order valence-corrected chi connectivity index (χ4v) is 3.51. The second kappa shape index (κ2) is 4.35. The Kier molecular flexibility index (Phi) is 2.81. The van der Waals surface area contributed by atoms with Gasteiger partial charge in [-0.25, -0.2) is 0 Å². The number of carbonyl (C=O) groups excluding carboxylic acids is 1. The monoisotopic (exact) mass is 251 g/mol. The summed E-state index contributed by atoms with van der Waals surface area (Å²) in [4.78, 5) is 15.9. The Morgan fingerprint density at radius 3 is 2.94 bits per heavy atom. The van der Waals surface area contributed by atoms with Crippen molar-refractivity contribution in [3.63, 3.8) is 0 Å². The predicted molar refractivity (Wildman–Crippen MR) is 61.7 cm³/mol. The fraction of sp³-hybridized carbons (Fsp3) is 0.750. The van der Waals surface area contributed by atoms with Crippen LogP contribution in [0.3, 0.4) is 0 Å². The van der Waals surface area contributed by atoms with Crippen molar-refractivity contribution >= 4 is 5.91 Å². The lowest BCUT2D eigenvalue weighted by Crippen LogP contribution is -2.45. The van der Waals surface area contributed by atoms with Crippen molar-refractivity contribution < 1.29 is 14.4 Å². The van der Waals surface area contributed by atoms with Gasteiger partial charge >= 0.3 is 0 Å². The van der Waals surface area contributed by atoms with Crippen LogP contribution in [0.4, 0.5) is 0 Å². The molecule has 1 aromatic heterocycles. The van der Waals surface area contributed by atoms with Crippen LogP contribution in [0.2, 0.25) is 0 Å². The summed E-state index contributed by atoms with van der Waals surface area (Å²) in [5, 5.41) is 16.0. The van der Waals surface area contributed by atoms with E-state index in [1.165, 1.54) is 6.42 Å². The molecular weight excluding hydrogens is 234 g/mol. The third-order valence-electron chi connectivity index (χ3n) is 4.33. The molecule has 18 heavy (non-hydrogen) atoms. The molecule has 3 rings (SSSR count). The fourth-order valence-electron chi connectivity index (χ4n) is 3.51. The molecular formula is C12H17N3O3. The van der Waals surface area contributed by atoms with Gasteiger partial charge in [-0.05, 0) is 31.1 Å². The van der Waals surface area contributed by atoms with E-state index in [0.717, 1.165) is 12.8 Å². The van der Waals surface area contributed by atoms with Gasteiger partial charge in [-0.1, -0.05) is 5.16 Å². The van der Waals surface area contributed by atoms with Gasteiger partial charge in [0, 0.05) is 25.5 Å². The van der Waals surface area contributed by atoms with Crippen LogP contribution >= 0.6 is 0 Å². The van der Waals surface area contributed by atoms with Crippen LogP contribution in [0.15, 0.2) is 4.52 Å². The van der Waals surface area contributed by atoms with Gasteiger partial charge in [0.15, 0.2) is 0 Å². The van der Waals surface area contributed by atoms with Crippen molar-refractivity contribution in [2.24, 2.45) is 17.8 Å². The summed E-state index contributed by atoms with van der Waals surface area (Å²) in [6, 6.07) is 0.0556. The number of carbonyl (C=O) groups is 1. The van der Waals surface area contributed by atoms with Gasteiger partial charge in [0.1, 0.15) is 0 Å². The molecule has 98 valence electrons. The Hall–Kier alpha value is -1.43. The summed E-state index contributed by atoms with van der Waals surface area (Å²) >= 11 is 0. The van der Waals surface area contributed by atoms with Crippen LogP contribution in [-0.4, -0.2) is 33.8 Å². The number of aryl methyl sites for hydroxylation is 1. The molecule has 4 atom stereocenters. The van der Waals surface area contributed by atoms with E-state index in [-0.39, 0.29) is 30.3 Å². The minimum atomic E-state index is -0.303. The quantitative estimate of drug-likeness (QED) is 0.817. The Balaban J connectivity index is 1.71. The largest absolute Gasteiger partial charge is 0.396 e. The summed E-state index contributed by atoms with van der Waals surface area (Å²) in [6.45, 7) is 1.79. The summed E-state index contributed by atoms with van der Waals surface area (Å²) < 4.78 is 4.79. The molecule has 1 aromatic rings. The van der Waals surface area contributed by atoms with E-state index < -0.39 is 0 Å². The zero-order valence-corrected chi connectivity index (χ0v) is 10.3. The molecule has 0 saturated heterocycles. The van der Waals surface area contributed by atoms with E-state index in [1.54, 1.807) is 6.92 Å². The summed E-state index contributed by atoms with van der Waals surface area (Å²) in [5.74, 6) is 1.38. The number of hydrogen-bond acceptors (Lipinski definition) is 5. The van der Waals surface area contributed by atoms with E-state index in [2.05, 4.69) is 15.5 Å². The number of nitrogens with one attached hydrogen (secondary N) is 1. The maximum atomic E-state index is 12.0. The van der Waals surface area contributed by atoms with Gasteiger partial charge in [-0.3, -0.25) is 4.79 Å². The highest BCUT2D eigenvalue weighted by molar-refractivity contribution is 5.90. The first-order chi connectivity index (χ1) is 8.69. The maximum absolute atomic E-state index is 12.0. The highest BCUT2D eigenvalue weighted by Crippen LogP contribution is 2.48. The summed E-state index contributed by atoms with van der Waals surface area (Å²) in [6.07, 6.45) is 3.42. The molecule has 6 nitrogen and oxygen atoms in total. The molecule has 2 bridgehead atoms. The normalized spacial score (nSPS) is 33.9. The number of rotatable bonds is 3. The van der Waals surface area contributed by atoms with Gasteiger partial charge in [0.25, 0.3) is 11.7 Å². The van der Waals surface area contributed by atoms with Gasteiger partial charge in [0.2, 0.25) is 5.89 Å². The van der Waals surface area contributed by atoms with Crippen LogP contribution in [0.1, 0.15) is 35.8 Å². The Morgan fingerprint density at radius 1 is 1.50 bits per heavy atom. The molecule has 4 unspecified atom stereocenters. The number of aromatic nitrogens is 2. The van der Waals surface area contributed by atoms with Crippen molar-refractivity contribution in [1.82, 2.24) is 15.5 Å². The molecule has 6 heteroatoms. The molecule has 2 N–H and O–H groups in total. The lowest BCUT2D eigenvalue weighted by atomic mass is 9.85. The van der Waals surface area contributed by atoms with Crippen LogP contribution in [0.25, 0.3) is 0 Å². The highest BCUT2D eigenvalue weighted by Gasteiger charge is 2.47. The second-order valence-corrected chi connectivity index (χ2v) is 5.32. The number of nitrogens with zero attached hydrogens (tertiary/aromatic N) is 2. The van der Waals surface area contributed by atoms with E-state index in [1.807, 2.05) is 0 Å². The Bertz CT molecular complexity index is 459. The summed E-state index contributed by atoms with van der Waals surface area (Å²) in [7, 11) is 0. The van der Waals surface area contributed by atoms with E-state index >= 15 is 0 Å². The van der Waals surface area contributed by atoms with E-state index in [4.69, 9.17) is 4.52 Å². The predicted octanol–water partition coefficient (Wildman–Crippen LogP) is 0.515. The maximum Gasteiger partial charge on any atom is 0.292 e. The highest BCUT2D eigenvalue weighted by atomic mass is 16.5. The number of fused-ring (bicyclic) bond motifs is 2. The average Bonchev–Trinajstić information content (AvgIpc) is 3.03. The van der Waals surface area contributed by atoms with Crippen LogP contribution in [-0.2, 0) is 0 Å². The standard InChI is InChI=1S/C12H17N3O3/c1-6-13-11(15-18-6)12(17)14-10-8-3-2-7(4-8)9(10)5-16/h7-10,16H,2-5H2,1H3,(H,14,17). The topological polar surface area (TPSA) is 88.2 Å². The van der Waals surface area contributed by atoms with Crippen LogP contribution in [0.5, 0.6) is 0 Å². The van der Waals surface area contributed by atoms with Gasteiger partial charge in [-0.15, -0.1) is 0 Å². The molecule has 2 fully saturated rings. The molecule has 0 aliphatic heterocycles. The third-order valence-corrected chi connectivity index (χ3v) is 4.33. The molecule has 2 aliphatic carbocycles. The molecule has 0 radical (unpaired) electrons. The number of amides is 1. The van der Waals surface area contributed by atoms with E-state index in [0.29, 0.717) is 17.7 Å². The minimum Gasteiger partial charge on any atom is -0.396 e. The average molecular weight is 251 g/mol. The number of aliphatic hydroxyl groups is 1. The molecule has 2 saturated carbocycles. The van der Waals surface area contributed by atoms with Crippen molar-refractivity contribution in [2.45, 2.75) is 32.2 Å². The third kappa shape index (κ3) is 1.80. The van der Waals surface area contributed by atoms with Crippen molar-refractivity contribution in [2.75, 3.05) is 6.61 Å². The Labute approximate surface area is 105 Å². The SMILES string of the molecule is Cc1nc(C(=O)NC2C3CCC(C3)C2CO)no1. The van der Waals surface area contributed by atoms with Crippen molar-refractivity contribution in [3.8, 4) is 0 Å². The van der Waals surface area contributed by atoms with Gasteiger partial charge in [0.05, 0.1) is 0 Å². The second-order valence-electron chi connectivity index (χ2n) is 5.32. The molecule has 2 aliphatic rings. The smallest absolute Gasteiger partial charge is 0.292 e. The lowest BCUT2D eigenvalue weighted by Gasteiger charge is -2.29. The first-order valence-electron chi connectivity index (χ1n) is 6.41.